The van der Waals surface area contributed by atoms with Gasteiger partial charge in [-0.2, -0.15) is 0 Å². The summed E-state index contributed by atoms with van der Waals surface area (Å²) in [6, 6.07) is 21.6. The van der Waals surface area contributed by atoms with Gasteiger partial charge >= 0.3 is 0 Å². The number of halogens is 1. The van der Waals surface area contributed by atoms with Crippen LogP contribution in [-0.4, -0.2) is 20.8 Å². The zero-order valence-corrected chi connectivity index (χ0v) is 16.9. The molecule has 2 aromatic rings. The zero-order valence-electron chi connectivity index (χ0n) is 15.1. The Morgan fingerprint density at radius 1 is 0.792 bits per heavy atom. The van der Waals surface area contributed by atoms with E-state index in [9.17, 15) is 0 Å². The molecule has 0 saturated heterocycles. The van der Waals surface area contributed by atoms with Crippen molar-refractivity contribution >= 4 is 30.3 Å². The molecule has 0 aromatic heterocycles. The van der Waals surface area contributed by atoms with Gasteiger partial charge in [-0.1, -0.05) is 87.9 Å². The van der Waals surface area contributed by atoms with Crippen LogP contribution in [0.1, 0.15) is 40.0 Å². The summed E-state index contributed by atoms with van der Waals surface area (Å²) < 4.78 is 6.81. The minimum absolute atomic E-state index is 0.0577. The molecule has 0 radical (unpaired) electrons. The van der Waals surface area contributed by atoms with E-state index >= 15 is 0 Å². The number of benzene rings is 2. The van der Waals surface area contributed by atoms with Crippen LogP contribution in [0.15, 0.2) is 60.7 Å². The molecule has 0 atom stereocenters. The molecule has 24 heavy (non-hydrogen) atoms. The van der Waals surface area contributed by atoms with E-state index in [4.69, 9.17) is 16.0 Å². The van der Waals surface area contributed by atoms with Gasteiger partial charge in [0.2, 0.25) is 0 Å². The Bertz CT molecular complexity index is 553. The summed E-state index contributed by atoms with van der Waals surface area (Å²) in [6.45, 7) is 7.75. The van der Waals surface area contributed by atoms with Gasteiger partial charge in [0.25, 0.3) is 8.32 Å². The van der Waals surface area contributed by atoms with Gasteiger partial charge in [-0.3, -0.25) is 0 Å². The summed E-state index contributed by atoms with van der Waals surface area (Å²) in [4.78, 5) is 0. The third kappa shape index (κ3) is 4.30. The molecule has 2 rings (SSSR count). The third-order valence-corrected chi connectivity index (χ3v) is 9.82. The fraction of sp³-hybridized carbons (Fsp3) is 0.429. The molecule has 0 saturated carbocycles. The second-order valence-corrected chi connectivity index (χ2v) is 11.9. The molecule has 0 aliphatic heterocycles. The summed E-state index contributed by atoms with van der Waals surface area (Å²) in [7, 11) is -2.34. The van der Waals surface area contributed by atoms with Crippen LogP contribution in [0.3, 0.4) is 0 Å². The Labute approximate surface area is 153 Å². The van der Waals surface area contributed by atoms with Crippen LogP contribution >= 0.6 is 11.6 Å². The molecule has 0 amide bonds. The number of rotatable bonds is 8. The fourth-order valence-electron chi connectivity index (χ4n) is 3.36. The predicted molar refractivity (Wildman–Crippen MR) is 108 cm³/mol. The van der Waals surface area contributed by atoms with Crippen molar-refractivity contribution in [3.63, 3.8) is 0 Å². The summed E-state index contributed by atoms with van der Waals surface area (Å²) in [5.74, 6) is 0.735. The average molecular weight is 361 g/mol. The molecule has 0 heterocycles. The molecule has 0 aliphatic rings. The smallest absolute Gasteiger partial charge is 0.261 e. The van der Waals surface area contributed by atoms with E-state index in [1.54, 1.807) is 0 Å². The molecule has 0 bridgehead atoms. The van der Waals surface area contributed by atoms with Crippen LogP contribution in [0.4, 0.5) is 0 Å². The number of hydrogen-bond acceptors (Lipinski definition) is 1. The quantitative estimate of drug-likeness (QED) is 0.367. The topological polar surface area (TPSA) is 9.23 Å². The molecule has 0 spiro atoms. The lowest BCUT2D eigenvalue weighted by Gasteiger charge is -2.43. The molecule has 1 nitrogen and oxygen atoms in total. The lowest BCUT2D eigenvalue weighted by Crippen LogP contribution is -2.66. The van der Waals surface area contributed by atoms with E-state index < -0.39 is 8.32 Å². The second kappa shape index (κ2) is 8.84. The summed E-state index contributed by atoms with van der Waals surface area (Å²) in [5, 5.41) is 2.75. The first-order valence-electron chi connectivity index (χ1n) is 8.83. The normalized spacial score (nSPS) is 12.3. The molecular weight excluding hydrogens is 332 g/mol. The molecular formula is C21H29ClOSi. The zero-order chi connectivity index (χ0) is 17.5. The van der Waals surface area contributed by atoms with Crippen LogP contribution in [0.2, 0.25) is 5.04 Å². The minimum atomic E-state index is -2.34. The third-order valence-electron chi connectivity index (χ3n) is 4.51. The Morgan fingerprint density at radius 2 is 1.29 bits per heavy atom. The molecule has 130 valence electrons. The summed E-state index contributed by atoms with van der Waals surface area (Å²) >= 11 is 5.80. The first kappa shape index (κ1) is 19.2. The largest absolute Gasteiger partial charge is 0.407 e. The summed E-state index contributed by atoms with van der Waals surface area (Å²) in [5.41, 5.74) is 0. The van der Waals surface area contributed by atoms with Crippen molar-refractivity contribution in [3.05, 3.63) is 60.7 Å². The monoisotopic (exact) mass is 360 g/mol. The molecule has 0 aliphatic carbocycles. The molecule has 0 N–H and O–H groups in total. The maximum atomic E-state index is 6.81. The molecule has 3 heteroatoms. The predicted octanol–water partition coefficient (Wildman–Crippen LogP) is 4.97. The maximum absolute atomic E-state index is 6.81. The van der Waals surface area contributed by atoms with Gasteiger partial charge in [-0.05, 0) is 28.3 Å². The van der Waals surface area contributed by atoms with Gasteiger partial charge in [-0.25, -0.2) is 0 Å². The van der Waals surface area contributed by atoms with E-state index in [0.717, 1.165) is 31.7 Å². The van der Waals surface area contributed by atoms with E-state index in [0.29, 0.717) is 0 Å². The number of alkyl halides is 1. The Balaban J connectivity index is 2.42. The summed E-state index contributed by atoms with van der Waals surface area (Å²) in [6.07, 6.45) is 3.25. The van der Waals surface area contributed by atoms with Gasteiger partial charge in [-0.15, -0.1) is 11.6 Å². The van der Waals surface area contributed by atoms with Crippen molar-refractivity contribution in [2.45, 2.75) is 45.1 Å². The Morgan fingerprint density at radius 3 is 1.71 bits per heavy atom. The van der Waals surface area contributed by atoms with Crippen LogP contribution < -0.4 is 10.4 Å². The van der Waals surface area contributed by atoms with Gasteiger partial charge in [0.05, 0.1) is 0 Å². The van der Waals surface area contributed by atoms with Crippen LogP contribution in [-0.2, 0) is 4.43 Å². The Kier molecular flexibility index (Phi) is 7.09. The van der Waals surface area contributed by atoms with Crippen LogP contribution in [0, 0.1) is 0 Å². The van der Waals surface area contributed by atoms with Gasteiger partial charge < -0.3 is 4.43 Å². The first-order valence-corrected chi connectivity index (χ1v) is 11.3. The highest BCUT2D eigenvalue weighted by Gasteiger charge is 2.49. The van der Waals surface area contributed by atoms with E-state index in [1.165, 1.54) is 10.4 Å². The van der Waals surface area contributed by atoms with E-state index in [2.05, 4.69) is 81.4 Å². The highest BCUT2D eigenvalue weighted by molar-refractivity contribution is 6.99. The number of hydrogen-bond donors (Lipinski definition) is 0. The van der Waals surface area contributed by atoms with Crippen molar-refractivity contribution in [2.75, 3.05) is 12.5 Å². The van der Waals surface area contributed by atoms with E-state index in [1.807, 2.05) is 0 Å². The van der Waals surface area contributed by atoms with Crippen molar-refractivity contribution < 1.29 is 4.43 Å². The van der Waals surface area contributed by atoms with Gasteiger partial charge in [0.1, 0.15) is 0 Å². The lowest BCUT2D eigenvalue weighted by atomic mass is 10.2. The first-order chi connectivity index (χ1) is 11.5. The van der Waals surface area contributed by atoms with Crippen molar-refractivity contribution in [3.8, 4) is 0 Å². The molecule has 0 unspecified atom stereocenters. The maximum Gasteiger partial charge on any atom is 0.261 e. The van der Waals surface area contributed by atoms with Gasteiger partial charge in [0, 0.05) is 12.5 Å². The highest BCUT2D eigenvalue weighted by Crippen LogP contribution is 2.36. The van der Waals surface area contributed by atoms with Crippen molar-refractivity contribution in [1.82, 2.24) is 0 Å². The van der Waals surface area contributed by atoms with E-state index in [-0.39, 0.29) is 5.04 Å². The minimum Gasteiger partial charge on any atom is -0.407 e. The molecule has 2 aromatic carbocycles. The Hall–Kier alpha value is -1.09. The van der Waals surface area contributed by atoms with Gasteiger partial charge in [0.15, 0.2) is 0 Å². The van der Waals surface area contributed by atoms with Crippen molar-refractivity contribution in [1.29, 1.82) is 0 Å². The average Bonchev–Trinajstić information content (AvgIpc) is 2.59. The fourth-order valence-corrected chi connectivity index (χ4v) is 8.16. The van der Waals surface area contributed by atoms with Crippen LogP contribution in [0.5, 0.6) is 0 Å². The highest BCUT2D eigenvalue weighted by atomic mass is 35.5. The number of unbranched alkanes of at least 4 members (excludes halogenated alkanes) is 2. The van der Waals surface area contributed by atoms with Crippen LogP contribution in [0.25, 0.3) is 0 Å². The van der Waals surface area contributed by atoms with Crippen molar-refractivity contribution in [2.24, 2.45) is 0 Å². The molecule has 0 fully saturated rings. The SMILES string of the molecule is CC(C)(C)[Si](OCCCCCCl)(c1ccccc1)c1ccccc1. The standard InChI is InChI=1S/C21H29ClOSi/c1-21(2,3)24(19-13-7-4-8-14-19,20-15-9-5-10-16-20)23-18-12-6-11-17-22/h4-5,7-10,13-16H,6,11-12,17-18H2,1-3H3. The second-order valence-electron chi connectivity index (χ2n) is 7.26. The lowest BCUT2D eigenvalue weighted by molar-refractivity contribution is 0.288.